The lowest BCUT2D eigenvalue weighted by molar-refractivity contribution is -0.116. The highest BCUT2D eigenvalue weighted by Gasteiger charge is 2.17. The quantitative estimate of drug-likeness (QED) is 0.248. The van der Waals surface area contributed by atoms with Crippen molar-refractivity contribution in [2.45, 2.75) is 26.7 Å². The van der Waals surface area contributed by atoms with Crippen molar-refractivity contribution < 1.29 is 19.2 Å². The summed E-state index contributed by atoms with van der Waals surface area (Å²) in [4.78, 5) is 47.9. The van der Waals surface area contributed by atoms with E-state index in [2.05, 4.69) is 27.2 Å². The zero-order valence-corrected chi connectivity index (χ0v) is 18.2. The third kappa shape index (κ3) is 7.91. The summed E-state index contributed by atoms with van der Waals surface area (Å²) < 4.78 is 0. The van der Waals surface area contributed by atoms with Crippen molar-refractivity contribution in [2.75, 3.05) is 16.1 Å². The summed E-state index contributed by atoms with van der Waals surface area (Å²) in [6.07, 6.45) is 0.627. The molecule has 0 saturated carbocycles. The molecule has 0 aliphatic rings. The number of hydrazone groups is 1. The van der Waals surface area contributed by atoms with Crippen LogP contribution in [-0.2, 0) is 14.4 Å². The molecule has 0 aliphatic heterocycles. The fourth-order valence-electron chi connectivity index (χ4n) is 2.65. The molecule has 0 bridgehead atoms. The van der Waals surface area contributed by atoms with E-state index < -0.39 is 17.6 Å². The number of rotatable bonds is 10. The molecule has 5 N–H and O–H groups in total. The lowest BCUT2D eigenvalue weighted by atomic mass is 10.1. The van der Waals surface area contributed by atoms with Crippen LogP contribution in [0.4, 0.5) is 17.1 Å². The Morgan fingerprint density at radius 3 is 2.30 bits per heavy atom. The third-order valence-electron chi connectivity index (χ3n) is 4.42. The summed E-state index contributed by atoms with van der Waals surface area (Å²) in [5.41, 5.74) is 8.82. The predicted molar refractivity (Wildman–Crippen MR) is 124 cm³/mol. The van der Waals surface area contributed by atoms with Crippen LogP contribution < -0.4 is 21.8 Å². The minimum absolute atomic E-state index is 0.190. The van der Waals surface area contributed by atoms with Crippen LogP contribution >= 0.6 is 0 Å². The second-order valence-electron chi connectivity index (χ2n) is 7.23. The second-order valence-corrected chi connectivity index (χ2v) is 7.23. The van der Waals surface area contributed by atoms with Gasteiger partial charge in [0.15, 0.2) is 11.5 Å². The monoisotopic (exact) mass is 448 g/mol. The number of nitrogens with one attached hydrogen (secondary N) is 3. The number of primary amides is 1. The van der Waals surface area contributed by atoms with E-state index in [-0.39, 0.29) is 29.5 Å². The maximum atomic E-state index is 12.6. The van der Waals surface area contributed by atoms with E-state index in [9.17, 15) is 19.2 Å². The number of carbonyl (C=O) groups is 4. The molecule has 1 unspecified atom stereocenters. The molecule has 3 amide bonds. The van der Waals surface area contributed by atoms with Gasteiger partial charge in [-0.25, -0.2) is 0 Å². The van der Waals surface area contributed by atoms with Gasteiger partial charge in [0.05, 0.1) is 11.8 Å². The zero-order valence-electron chi connectivity index (χ0n) is 18.2. The number of nitriles is 1. The molecule has 170 valence electrons. The van der Waals surface area contributed by atoms with E-state index in [0.717, 1.165) is 0 Å². The Morgan fingerprint density at radius 2 is 1.67 bits per heavy atom. The Morgan fingerprint density at radius 1 is 1.03 bits per heavy atom. The van der Waals surface area contributed by atoms with Crippen molar-refractivity contribution in [3.05, 3.63) is 54.1 Å². The van der Waals surface area contributed by atoms with Gasteiger partial charge in [-0.2, -0.15) is 10.4 Å². The average molecular weight is 448 g/mol. The molecule has 2 aromatic carbocycles. The van der Waals surface area contributed by atoms with Crippen LogP contribution in [-0.4, -0.2) is 29.2 Å². The average Bonchev–Trinajstić information content (AvgIpc) is 2.77. The largest absolute Gasteiger partial charge is 0.366 e. The first kappa shape index (κ1) is 24.7. The van der Waals surface area contributed by atoms with Crippen LogP contribution in [0.25, 0.3) is 0 Å². The Bertz CT molecular complexity index is 1140. The van der Waals surface area contributed by atoms with Crippen molar-refractivity contribution in [1.29, 1.82) is 5.26 Å². The minimum atomic E-state index is -0.757. The molecular weight excluding hydrogens is 424 g/mol. The van der Waals surface area contributed by atoms with Crippen molar-refractivity contribution in [3.8, 4) is 6.07 Å². The van der Waals surface area contributed by atoms with Crippen LogP contribution in [0.2, 0.25) is 0 Å². The summed E-state index contributed by atoms with van der Waals surface area (Å²) in [5.74, 6) is -2.44. The molecule has 0 aromatic heterocycles. The molecule has 0 aliphatic carbocycles. The Balaban J connectivity index is 2.07. The molecule has 0 heterocycles. The minimum Gasteiger partial charge on any atom is -0.366 e. The first-order valence-corrected chi connectivity index (χ1v) is 10.0. The molecule has 1 atom stereocenters. The van der Waals surface area contributed by atoms with Gasteiger partial charge in [-0.05, 0) is 49.7 Å². The topological polar surface area (TPSA) is 167 Å². The second kappa shape index (κ2) is 11.8. The molecule has 2 aromatic rings. The van der Waals surface area contributed by atoms with E-state index in [1.807, 2.05) is 0 Å². The van der Waals surface area contributed by atoms with Gasteiger partial charge in [-0.1, -0.05) is 12.1 Å². The Hall–Kier alpha value is -4.52. The maximum Gasteiger partial charge on any atom is 0.279 e. The number of hydrogen-bond donors (Lipinski definition) is 4. The highest BCUT2D eigenvalue weighted by Crippen LogP contribution is 2.16. The van der Waals surface area contributed by atoms with E-state index in [0.29, 0.717) is 23.5 Å². The van der Waals surface area contributed by atoms with Crippen LogP contribution in [0.5, 0.6) is 0 Å². The zero-order chi connectivity index (χ0) is 24.4. The van der Waals surface area contributed by atoms with Gasteiger partial charge in [0, 0.05) is 36.2 Å². The lowest BCUT2D eigenvalue weighted by Crippen LogP contribution is -2.29. The van der Waals surface area contributed by atoms with Gasteiger partial charge in [-0.15, -0.1) is 0 Å². The number of benzene rings is 2. The molecule has 0 saturated heterocycles. The van der Waals surface area contributed by atoms with Gasteiger partial charge >= 0.3 is 0 Å². The number of nitrogens with two attached hydrogens (primary N) is 1. The molecule has 2 rings (SSSR count). The summed E-state index contributed by atoms with van der Waals surface area (Å²) >= 11 is 0. The first-order valence-electron chi connectivity index (χ1n) is 10.0. The number of carbonyl (C=O) groups excluding carboxylic acids is 4. The fourth-order valence-corrected chi connectivity index (χ4v) is 2.65. The maximum absolute atomic E-state index is 12.6. The van der Waals surface area contributed by atoms with Crippen LogP contribution in [0.1, 0.15) is 37.0 Å². The first-order chi connectivity index (χ1) is 15.7. The van der Waals surface area contributed by atoms with Gasteiger partial charge in [0.2, 0.25) is 11.8 Å². The smallest absolute Gasteiger partial charge is 0.279 e. The van der Waals surface area contributed by atoms with Gasteiger partial charge in [-0.3, -0.25) is 24.6 Å². The SMILES string of the molecule is CC(=O)/C(=N/Nc1cccc(C(N)=O)c1)C(=O)Nc1cccc(NC(=O)CCC(C)C#N)c1. The fraction of sp³-hybridized carbons (Fsp3) is 0.217. The van der Waals surface area contributed by atoms with E-state index in [1.165, 1.54) is 25.1 Å². The molecule has 0 radical (unpaired) electrons. The molecule has 10 nitrogen and oxygen atoms in total. The van der Waals surface area contributed by atoms with Crippen LogP contribution in [0.3, 0.4) is 0 Å². The summed E-state index contributed by atoms with van der Waals surface area (Å²) in [7, 11) is 0. The number of hydrogen-bond acceptors (Lipinski definition) is 7. The normalized spacial score (nSPS) is 11.6. The number of Topliss-reactive ketones (excluding diaryl/α,β-unsaturated/α-hetero) is 1. The molecule has 10 heteroatoms. The standard InChI is InChI=1S/C23H24N6O4/c1-14(13-24)9-10-20(31)26-17-6-4-7-18(12-17)27-23(33)21(15(2)30)29-28-19-8-3-5-16(11-19)22(25)32/h3-8,11-12,14,28H,9-10H2,1-2H3,(H2,25,32)(H,26,31)(H,27,33)/b29-21-. The summed E-state index contributed by atoms with van der Waals surface area (Å²) in [5, 5.41) is 17.9. The molecular formula is C23H24N6O4. The van der Waals surface area contributed by atoms with E-state index >= 15 is 0 Å². The molecule has 0 fully saturated rings. The number of amides is 3. The van der Waals surface area contributed by atoms with E-state index in [4.69, 9.17) is 11.0 Å². The number of anilines is 3. The summed E-state index contributed by atoms with van der Waals surface area (Å²) in [6.45, 7) is 2.93. The summed E-state index contributed by atoms with van der Waals surface area (Å²) in [6, 6.07) is 14.6. The van der Waals surface area contributed by atoms with Gasteiger partial charge in [0.25, 0.3) is 5.91 Å². The molecule has 33 heavy (non-hydrogen) atoms. The predicted octanol–water partition coefficient (Wildman–Crippen LogP) is 2.66. The third-order valence-corrected chi connectivity index (χ3v) is 4.42. The van der Waals surface area contributed by atoms with Crippen molar-refractivity contribution in [1.82, 2.24) is 0 Å². The van der Waals surface area contributed by atoms with E-state index in [1.54, 1.807) is 37.3 Å². The highest BCUT2D eigenvalue weighted by atomic mass is 16.2. The van der Waals surface area contributed by atoms with Gasteiger partial charge < -0.3 is 16.4 Å². The van der Waals surface area contributed by atoms with Crippen molar-refractivity contribution in [2.24, 2.45) is 16.8 Å². The highest BCUT2D eigenvalue weighted by molar-refractivity contribution is 6.67. The van der Waals surface area contributed by atoms with Crippen molar-refractivity contribution >= 4 is 46.3 Å². The lowest BCUT2D eigenvalue weighted by Gasteiger charge is -2.10. The van der Waals surface area contributed by atoms with Gasteiger partial charge in [0.1, 0.15) is 0 Å². The van der Waals surface area contributed by atoms with Crippen LogP contribution in [0, 0.1) is 17.2 Å². The number of ketones is 1. The Kier molecular flexibility index (Phi) is 8.82. The molecule has 0 spiro atoms. The Labute approximate surface area is 190 Å². The number of nitrogens with zero attached hydrogens (tertiary/aromatic N) is 2. The van der Waals surface area contributed by atoms with Crippen molar-refractivity contribution in [3.63, 3.8) is 0 Å². The van der Waals surface area contributed by atoms with Crippen LogP contribution in [0.15, 0.2) is 53.6 Å².